The fourth-order valence-corrected chi connectivity index (χ4v) is 2.14. The average molecular weight is 569 g/mol. The van der Waals surface area contributed by atoms with Gasteiger partial charge in [-0.05, 0) is 18.2 Å². The Morgan fingerprint density at radius 2 is 1.48 bits per heavy atom. The number of fused-ring (bicyclic) bond motifs is 1. The van der Waals surface area contributed by atoms with Crippen LogP contribution in [0.4, 0.5) is 0 Å². The molecule has 134 valence electrons. The molecule has 5 N–H and O–H groups in total. The summed E-state index contributed by atoms with van der Waals surface area (Å²) in [6.07, 6.45) is 0. The molecule has 0 radical (unpaired) electrons. The Morgan fingerprint density at radius 3 is 2.08 bits per heavy atom. The topological polar surface area (TPSA) is 131 Å². The van der Waals surface area contributed by atoms with Gasteiger partial charge in [-0.25, -0.2) is 0 Å². The van der Waals surface area contributed by atoms with Crippen molar-refractivity contribution in [2.45, 2.75) is 0 Å². The summed E-state index contributed by atoms with van der Waals surface area (Å²) in [6, 6.07) is 5.64. The van der Waals surface area contributed by atoms with Crippen LogP contribution in [0.5, 0.6) is 28.7 Å². The van der Waals surface area contributed by atoms with E-state index in [2.05, 4.69) is 0 Å². The Bertz CT molecular complexity index is 972. The van der Waals surface area contributed by atoms with E-state index in [9.17, 15) is 30.3 Å². The van der Waals surface area contributed by atoms with Gasteiger partial charge >= 0.3 is 21.1 Å². The molecule has 0 aliphatic carbocycles. The third-order valence-electron chi connectivity index (χ3n) is 3.17. The standard InChI is InChI=1S/C15H10O7.2ClH.Pt/c16-7-4-10(19)12-11(5-7)22-15(14(21)13(12)20)6-1-2-8(17)9(18)3-6;;;/h1-5,16-19,21H;2*1H;/q;;;+4/p-1. The molecule has 0 unspecified atom stereocenters. The third kappa shape index (κ3) is 3.95. The van der Waals surface area contributed by atoms with Crippen LogP contribution in [0.1, 0.15) is 0 Å². The molecule has 0 bridgehead atoms. The predicted molar refractivity (Wildman–Crippen MR) is 83.5 cm³/mol. The number of hydrogen-bond donors (Lipinski definition) is 5. The zero-order chi connectivity index (χ0) is 16.0. The molecule has 0 saturated carbocycles. The van der Waals surface area contributed by atoms with E-state index in [0.29, 0.717) is 0 Å². The number of benzene rings is 2. The largest absolute Gasteiger partial charge is 4.00 e. The van der Waals surface area contributed by atoms with Gasteiger partial charge in [0.25, 0.3) is 0 Å². The van der Waals surface area contributed by atoms with Gasteiger partial charge in [-0.15, -0.1) is 12.4 Å². The molecule has 3 aromatic rings. The van der Waals surface area contributed by atoms with Crippen LogP contribution in [-0.4, -0.2) is 25.5 Å². The molecule has 0 spiro atoms. The van der Waals surface area contributed by atoms with E-state index >= 15 is 0 Å². The Balaban J connectivity index is 0.00000192. The van der Waals surface area contributed by atoms with Crippen molar-refractivity contribution in [1.29, 1.82) is 0 Å². The third-order valence-corrected chi connectivity index (χ3v) is 3.17. The monoisotopic (exact) mass is 568 g/mol. The molecule has 0 fully saturated rings. The van der Waals surface area contributed by atoms with Crippen molar-refractivity contribution in [2.75, 3.05) is 0 Å². The summed E-state index contributed by atoms with van der Waals surface area (Å²) < 4.78 is 5.35. The van der Waals surface area contributed by atoms with Crippen LogP contribution in [0.2, 0.25) is 0 Å². The van der Waals surface area contributed by atoms with Crippen LogP contribution in [0, 0.1) is 0 Å². The number of rotatable bonds is 1. The first-order valence-electron chi connectivity index (χ1n) is 6.12. The molecular formula is C15H11Cl2O7Pt+3. The molecule has 0 aliphatic rings. The van der Waals surface area contributed by atoms with Crippen molar-refractivity contribution in [2.24, 2.45) is 0 Å². The van der Waals surface area contributed by atoms with Crippen LogP contribution in [0.15, 0.2) is 39.5 Å². The molecule has 1 heterocycles. The van der Waals surface area contributed by atoms with E-state index in [-0.39, 0.29) is 79.7 Å². The van der Waals surface area contributed by atoms with Gasteiger partial charge < -0.3 is 42.4 Å². The van der Waals surface area contributed by atoms with Crippen LogP contribution in [0.25, 0.3) is 22.3 Å². The van der Waals surface area contributed by atoms with Gasteiger partial charge in [0.1, 0.15) is 22.5 Å². The predicted octanol–water partition coefficient (Wildman–Crippen LogP) is -0.589. The summed E-state index contributed by atoms with van der Waals surface area (Å²) in [7, 11) is 0. The Kier molecular flexibility index (Phi) is 7.64. The zero-order valence-electron chi connectivity index (χ0n) is 12.0. The van der Waals surface area contributed by atoms with E-state index in [0.717, 1.165) is 24.3 Å². The molecule has 0 aliphatic heterocycles. The van der Waals surface area contributed by atoms with Crippen molar-refractivity contribution in [3.05, 3.63) is 40.6 Å². The van der Waals surface area contributed by atoms with Crippen LogP contribution in [0.3, 0.4) is 0 Å². The van der Waals surface area contributed by atoms with Crippen molar-refractivity contribution in [1.82, 2.24) is 0 Å². The van der Waals surface area contributed by atoms with Crippen molar-refractivity contribution in [3.8, 4) is 40.1 Å². The van der Waals surface area contributed by atoms with E-state index in [1.54, 1.807) is 0 Å². The summed E-state index contributed by atoms with van der Waals surface area (Å²) in [5.74, 6) is -2.71. The molecule has 0 saturated heterocycles. The molecule has 1 aromatic heterocycles. The minimum absolute atomic E-state index is 0. The number of halogens is 2. The second kappa shape index (κ2) is 8.34. The van der Waals surface area contributed by atoms with Gasteiger partial charge in [0, 0.05) is 17.7 Å². The minimum Gasteiger partial charge on any atom is -1.00 e. The first-order valence-corrected chi connectivity index (χ1v) is 6.12. The molecule has 10 heteroatoms. The quantitative estimate of drug-likeness (QED) is 0.248. The fraction of sp³-hybridized carbons (Fsp3) is 0. The minimum atomic E-state index is -0.888. The van der Waals surface area contributed by atoms with Crippen LogP contribution >= 0.6 is 12.4 Å². The van der Waals surface area contributed by atoms with Gasteiger partial charge in [0.05, 0.1) is 0 Å². The first kappa shape index (κ1) is 22.9. The van der Waals surface area contributed by atoms with Gasteiger partial charge in [0.2, 0.25) is 11.2 Å². The van der Waals surface area contributed by atoms with E-state index < -0.39 is 22.7 Å². The van der Waals surface area contributed by atoms with Gasteiger partial charge in [-0.3, -0.25) is 4.79 Å². The zero-order valence-corrected chi connectivity index (χ0v) is 15.9. The van der Waals surface area contributed by atoms with E-state index in [1.165, 1.54) is 6.07 Å². The molecule has 0 amide bonds. The molecule has 2 aromatic carbocycles. The van der Waals surface area contributed by atoms with Gasteiger partial charge in [-0.2, -0.15) is 0 Å². The SMILES string of the molecule is Cl.O=c1c(O)c(-c2ccc(O)c(O)c2)oc2cc(O)cc(O)c12.[Cl-].[Pt+4]. The number of phenols is 4. The average Bonchev–Trinajstić information content (AvgIpc) is 2.45. The van der Waals surface area contributed by atoms with Gasteiger partial charge in [-0.1, -0.05) is 0 Å². The maximum absolute atomic E-state index is 12.1. The second-order valence-corrected chi connectivity index (χ2v) is 4.65. The molecule has 7 nitrogen and oxygen atoms in total. The smallest absolute Gasteiger partial charge is 1.00 e. The van der Waals surface area contributed by atoms with Crippen LogP contribution in [-0.2, 0) is 21.1 Å². The first-order chi connectivity index (χ1) is 10.4. The van der Waals surface area contributed by atoms with Crippen molar-refractivity contribution >= 4 is 23.4 Å². The summed E-state index contributed by atoms with van der Waals surface area (Å²) in [5, 5.41) is 47.6. The van der Waals surface area contributed by atoms with Crippen LogP contribution < -0.4 is 17.8 Å². The van der Waals surface area contributed by atoms with E-state index in [1.807, 2.05) is 0 Å². The maximum Gasteiger partial charge on any atom is 4.00 e. The van der Waals surface area contributed by atoms with Crippen molar-refractivity contribution in [3.63, 3.8) is 0 Å². The fourth-order valence-electron chi connectivity index (χ4n) is 2.14. The summed E-state index contributed by atoms with van der Waals surface area (Å²) >= 11 is 0. The summed E-state index contributed by atoms with van der Waals surface area (Å²) in [6.45, 7) is 0. The Labute approximate surface area is 167 Å². The van der Waals surface area contributed by atoms with Gasteiger partial charge in [0.15, 0.2) is 17.3 Å². The van der Waals surface area contributed by atoms with E-state index in [4.69, 9.17) is 4.42 Å². The Hall–Kier alpha value is -2.08. The number of aromatic hydroxyl groups is 5. The Morgan fingerprint density at radius 1 is 0.840 bits per heavy atom. The molecular weight excluding hydrogens is 558 g/mol. The second-order valence-electron chi connectivity index (χ2n) is 4.65. The summed E-state index contributed by atoms with van der Waals surface area (Å²) in [5.41, 5.74) is -0.890. The number of hydrogen-bond acceptors (Lipinski definition) is 7. The summed E-state index contributed by atoms with van der Waals surface area (Å²) in [4.78, 5) is 12.1. The molecule has 0 atom stereocenters. The molecule has 25 heavy (non-hydrogen) atoms. The molecule has 3 rings (SSSR count). The number of phenolic OH excluding ortho intramolecular Hbond substituents is 4. The maximum atomic E-state index is 12.1. The normalized spacial score (nSPS) is 9.60. The van der Waals surface area contributed by atoms with Crippen molar-refractivity contribution < 1.29 is 63.4 Å².